The van der Waals surface area contributed by atoms with Crippen LogP contribution in [0.2, 0.25) is 0 Å². The maximum atomic E-state index is 5.82. The van der Waals surface area contributed by atoms with Crippen molar-refractivity contribution in [1.82, 2.24) is 20.2 Å². The van der Waals surface area contributed by atoms with Gasteiger partial charge in [-0.25, -0.2) is 0 Å². The van der Waals surface area contributed by atoms with Gasteiger partial charge in [0.25, 0.3) is 0 Å². The molecule has 0 aromatic carbocycles. The predicted octanol–water partition coefficient (Wildman–Crippen LogP) is 0.195. The molecule has 5 nitrogen and oxygen atoms in total. The van der Waals surface area contributed by atoms with E-state index in [9.17, 15) is 0 Å². The second kappa shape index (κ2) is 3.41. The van der Waals surface area contributed by atoms with Crippen LogP contribution in [0.4, 0.5) is 0 Å². The maximum Gasteiger partial charge on any atom is 0.177 e. The highest BCUT2D eigenvalue weighted by molar-refractivity contribution is 4.94. The lowest BCUT2D eigenvalue weighted by Gasteiger charge is -2.23. The molecule has 72 valence electrons. The van der Waals surface area contributed by atoms with Crippen molar-refractivity contribution in [1.29, 1.82) is 0 Å². The number of hydrogen-bond acceptors (Lipinski definition) is 4. The minimum atomic E-state index is 0.382. The van der Waals surface area contributed by atoms with E-state index in [0.717, 1.165) is 31.5 Å². The zero-order valence-electron chi connectivity index (χ0n) is 7.85. The number of nitrogens with two attached hydrogens (primary N) is 1. The van der Waals surface area contributed by atoms with Gasteiger partial charge in [-0.2, -0.15) is 4.80 Å². The topological polar surface area (TPSA) is 69.6 Å². The fraction of sp³-hybridized carbons (Fsp3) is 0.875. The third-order valence-electron chi connectivity index (χ3n) is 2.66. The van der Waals surface area contributed by atoms with Crippen molar-refractivity contribution in [3.8, 4) is 0 Å². The Kier molecular flexibility index (Phi) is 2.26. The van der Waals surface area contributed by atoms with Gasteiger partial charge < -0.3 is 5.73 Å². The van der Waals surface area contributed by atoms with E-state index in [1.54, 1.807) is 7.05 Å². The molecule has 2 N–H and O–H groups in total. The van der Waals surface area contributed by atoms with Crippen molar-refractivity contribution in [3.63, 3.8) is 0 Å². The second-order valence-electron chi connectivity index (χ2n) is 3.75. The van der Waals surface area contributed by atoms with Gasteiger partial charge in [0.15, 0.2) is 5.82 Å². The predicted molar refractivity (Wildman–Crippen MR) is 48.0 cm³/mol. The first-order valence-corrected chi connectivity index (χ1v) is 4.75. The lowest BCUT2D eigenvalue weighted by Crippen LogP contribution is -2.26. The molecule has 1 saturated carbocycles. The van der Waals surface area contributed by atoms with Gasteiger partial charge in [0.05, 0.1) is 7.05 Å². The van der Waals surface area contributed by atoms with E-state index in [1.165, 1.54) is 4.80 Å². The number of aryl methyl sites for hydroxylation is 1. The summed E-state index contributed by atoms with van der Waals surface area (Å²) in [5.41, 5.74) is 5.82. The lowest BCUT2D eigenvalue weighted by molar-refractivity contribution is 0.384. The molecular weight excluding hydrogens is 166 g/mol. The molecule has 0 spiro atoms. The minimum Gasteiger partial charge on any atom is -0.328 e. The summed E-state index contributed by atoms with van der Waals surface area (Å²) in [4.78, 5) is 1.52. The first-order valence-electron chi connectivity index (χ1n) is 4.75. The molecule has 0 amide bonds. The fourth-order valence-electron chi connectivity index (χ4n) is 1.84. The van der Waals surface area contributed by atoms with Crippen LogP contribution in [0, 0.1) is 0 Å². The largest absolute Gasteiger partial charge is 0.328 e. The molecule has 1 heterocycles. The summed E-state index contributed by atoms with van der Waals surface area (Å²) in [6.07, 6.45) is 4.38. The van der Waals surface area contributed by atoms with Crippen molar-refractivity contribution in [2.45, 2.75) is 37.6 Å². The van der Waals surface area contributed by atoms with Gasteiger partial charge >= 0.3 is 0 Å². The number of tetrazole rings is 1. The summed E-state index contributed by atoms with van der Waals surface area (Å²) in [6.45, 7) is 0. The first-order chi connectivity index (χ1) is 6.25. The van der Waals surface area contributed by atoms with E-state index in [2.05, 4.69) is 15.4 Å². The van der Waals surface area contributed by atoms with Crippen LogP contribution in [0.3, 0.4) is 0 Å². The Labute approximate surface area is 77.3 Å². The van der Waals surface area contributed by atoms with E-state index < -0.39 is 0 Å². The molecule has 0 unspecified atom stereocenters. The summed E-state index contributed by atoms with van der Waals surface area (Å²) in [7, 11) is 1.80. The molecule has 5 heteroatoms. The normalized spacial score (nSPS) is 29.1. The molecule has 0 aliphatic heterocycles. The molecule has 0 bridgehead atoms. The molecule has 2 rings (SSSR count). The van der Waals surface area contributed by atoms with Crippen molar-refractivity contribution in [3.05, 3.63) is 5.82 Å². The van der Waals surface area contributed by atoms with Gasteiger partial charge in [0.2, 0.25) is 0 Å². The van der Waals surface area contributed by atoms with Gasteiger partial charge in [0, 0.05) is 12.0 Å². The molecule has 0 atom stereocenters. The Morgan fingerprint density at radius 2 is 2.00 bits per heavy atom. The highest BCUT2D eigenvalue weighted by atomic mass is 15.6. The summed E-state index contributed by atoms with van der Waals surface area (Å²) in [5, 5.41) is 12.1. The molecule has 1 aliphatic rings. The third-order valence-corrected chi connectivity index (χ3v) is 2.66. The summed E-state index contributed by atoms with van der Waals surface area (Å²) >= 11 is 0. The number of hydrogen-bond donors (Lipinski definition) is 1. The zero-order chi connectivity index (χ0) is 9.26. The highest BCUT2D eigenvalue weighted by Crippen LogP contribution is 2.29. The Morgan fingerprint density at radius 3 is 2.54 bits per heavy atom. The van der Waals surface area contributed by atoms with Crippen molar-refractivity contribution >= 4 is 0 Å². The summed E-state index contributed by atoms with van der Waals surface area (Å²) in [5.74, 6) is 1.36. The fourth-order valence-corrected chi connectivity index (χ4v) is 1.84. The summed E-state index contributed by atoms with van der Waals surface area (Å²) in [6, 6.07) is 0.382. The number of aromatic nitrogens is 4. The Balaban J connectivity index is 2.02. The Hall–Kier alpha value is -0.970. The number of nitrogens with zero attached hydrogens (tertiary/aromatic N) is 4. The first kappa shape index (κ1) is 8.62. The average molecular weight is 181 g/mol. The monoisotopic (exact) mass is 181 g/mol. The van der Waals surface area contributed by atoms with Crippen LogP contribution in [0.15, 0.2) is 0 Å². The molecule has 1 fully saturated rings. The molecule has 1 aliphatic carbocycles. The Bertz CT molecular complexity index is 274. The van der Waals surface area contributed by atoms with Crippen LogP contribution in [0.25, 0.3) is 0 Å². The molecule has 0 saturated heterocycles. The minimum absolute atomic E-state index is 0.382. The molecule has 13 heavy (non-hydrogen) atoms. The van der Waals surface area contributed by atoms with Gasteiger partial charge in [-0.15, -0.1) is 10.2 Å². The van der Waals surface area contributed by atoms with Crippen LogP contribution in [0.5, 0.6) is 0 Å². The van der Waals surface area contributed by atoms with E-state index in [0.29, 0.717) is 12.0 Å². The van der Waals surface area contributed by atoms with Gasteiger partial charge in [-0.1, -0.05) is 0 Å². The average Bonchev–Trinajstić information content (AvgIpc) is 2.53. The molecule has 1 aromatic heterocycles. The molecule has 1 aromatic rings. The van der Waals surface area contributed by atoms with Crippen LogP contribution in [-0.4, -0.2) is 26.2 Å². The van der Waals surface area contributed by atoms with E-state index >= 15 is 0 Å². The molecular formula is C8H15N5. The van der Waals surface area contributed by atoms with E-state index in [4.69, 9.17) is 5.73 Å². The van der Waals surface area contributed by atoms with Gasteiger partial charge in [-0.05, 0) is 30.9 Å². The van der Waals surface area contributed by atoms with Crippen molar-refractivity contribution < 1.29 is 0 Å². The van der Waals surface area contributed by atoms with E-state index in [1.807, 2.05) is 0 Å². The third kappa shape index (κ3) is 1.85. The molecule has 0 radical (unpaired) electrons. The van der Waals surface area contributed by atoms with Gasteiger partial charge in [0.1, 0.15) is 0 Å². The lowest BCUT2D eigenvalue weighted by atomic mass is 9.86. The van der Waals surface area contributed by atoms with Crippen LogP contribution < -0.4 is 5.73 Å². The maximum absolute atomic E-state index is 5.82. The zero-order valence-corrected chi connectivity index (χ0v) is 7.85. The van der Waals surface area contributed by atoms with Gasteiger partial charge in [-0.3, -0.25) is 0 Å². The smallest absolute Gasteiger partial charge is 0.177 e. The van der Waals surface area contributed by atoms with Crippen molar-refractivity contribution in [2.24, 2.45) is 12.8 Å². The standard InChI is InChI=1S/C8H15N5/c1-13-11-8(10-12-13)6-2-4-7(9)5-3-6/h6-7H,2-5,9H2,1H3/t6-,7-. The van der Waals surface area contributed by atoms with E-state index in [-0.39, 0.29) is 0 Å². The SMILES string of the molecule is Cn1nnc([C@H]2CC[C@H](N)CC2)n1. The van der Waals surface area contributed by atoms with Crippen LogP contribution in [-0.2, 0) is 7.05 Å². The van der Waals surface area contributed by atoms with Crippen LogP contribution >= 0.6 is 0 Å². The summed E-state index contributed by atoms with van der Waals surface area (Å²) < 4.78 is 0. The Morgan fingerprint density at radius 1 is 1.31 bits per heavy atom. The second-order valence-corrected chi connectivity index (χ2v) is 3.75. The van der Waals surface area contributed by atoms with Crippen LogP contribution in [0.1, 0.15) is 37.4 Å². The van der Waals surface area contributed by atoms with Crippen molar-refractivity contribution in [2.75, 3.05) is 0 Å². The number of rotatable bonds is 1. The highest BCUT2D eigenvalue weighted by Gasteiger charge is 2.23. The quantitative estimate of drug-likeness (QED) is 0.671.